The second kappa shape index (κ2) is 7.76. The van der Waals surface area contributed by atoms with E-state index in [2.05, 4.69) is 9.97 Å². The SMILES string of the molecule is Nc1ncnc2c1c(-c1ccc(Oc3ccccc3)cc1)nn2C1CCC(O)CC1. The van der Waals surface area contributed by atoms with Crippen molar-refractivity contribution in [1.29, 1.82) is 0 Å². The van der Waals surface area contributed by atoms with E-state index in [0.29, 0.717) is 5.82 Å². The van der Waals surface area contributed by atoms with E-state index in [0.717, 1.165) is 59.5 Å². The van der Waals surface area contributed by atoms with Crippen LogP contribution in [-0.4, -0.2) is 31.0 Å². The van der Waals surface area contributed by atoms with Crippen molar-refractivity contribution in [3.63, 3.8) is 0 Å². The van der Waals surface area contributed by atoms with Gasteiger partial charge < -0.3 is 15.6 Å². The summed E-state index contributed by atoms with van der Waals surface area (Å²) in [5.41, 5.74) is 8.65. The van der Waals surface area contributed by atoms with E-state index in [-0.39, 0.29) is 12.1 Å². The summed E-state index contributed by atoms with van der Waals surface area (Å²) in [5.74, 6) is 1.96. The first-order valence-electron chi connectivity index (χ1n) is 10.2. The van der Waals surface area contributed by atoms with Crippen molar-refractivity contribution in [3.05, 3.63) is 60.9 Å². The van der Waals surface area contributed by atoms with Crippen LogP contribution in [0.3, 0.4) is 0 Å². The fourth-order valence-corrected chi connectivity index (χ4v) is 4.06. The normalized spacial score (nSPS) is 19.1. The summed E-state index contributed by atoms with van der Waals surface area (Å²) in [6, 6.07) is 17.7. The van der Waals surface area contributed by atoms with Gasteiger partial charge in [-0.05, 0) is 62.1 Å². The molecule has 4 aromatic rings. The lowest BCUT2D eigenvalue weighted by Crippen LogP contribution is -2.22. The Balaban J connectivity index is 1.51. The maximum Gasteiger partial charge on any atom is 0.164 e. The van der Waals surface area contributed by atoms with Crippen molar-refractivity contribution in [2.75, 3.05) is 5.73 Å². The van der Waals surface area contributed by atoms with Crippen LogP contribution in [0, 0.1) is 0 Å². The topological polar surface area (TPSA) is 99.1 Å². The number of hydrogen-bond acceptors (Lipinski definition) is 6. The first kappa shape index (κ1) is 18.6. The predicted molar refractivity (Wildman–Crippen MR) is 115 cm³/mol. The van der Waals surface area contributed by atoms with Crippen molar-refractivity contribution >= 4 is 16.9 Å². The summed E-state index contributed by atoms with van der Waals surface area (Å²) >= 11 is 0. The summed E-state index contributed by atoms with van der Waals surface area (Å²) in [7, 11) is 0. The fraction of sp³-hybridized carbons (Fsp3) is 0.261. The number of hydrogen-bond donors (Lipinski definition) is 2. The molecule has 0 unspecified atom stereocenters. The number of ether oxygens (including phenoxy) is 1. The van der Waals surface area contributed by atoms with Gasteiger partial charge in [0.2, 0.25) is 0 Å². The average Bonchev–Trinajstić information content (AvgIpc) is 3.17. The number of benzene rings is 2. The highest BCUT2D eigenvalue weighted by Crippen LogP contribution is 2.36. The van der Waals surface area contributed by atoms with Crippen LogP contribution in [0.15, 0.2) is 60.9 Å². The maximum atomic E-state index is 9.86. The van der Waals surface area contributed by atoms with Gasteiger partial charge in [-0.2, -0.15) is 5.10 Å². The molecule has 30 heavy (non-hydrogen) atoms. The van der Waals surface area contributed by atoms with Crippen LogP contribution in [0.5, 0.6) is 11.5 Å². The molecule has 152 valence electrons. The molecule has 0 spiro atoms. The Morgan fingerprint density at radius 3 is 2.33 bits per heavy atom. The first-order chi connectivity index (χ1) is 14.7. The molecule has 0 radical (unpaired) electrons. The van der Waals surface area contributed by atoms with Crippen LogP contribution < -0.4 is 10.5 Å². The van der Waals surface area contributed by atoms with E-state index in [1.54, 1.807) is 0 Å². The molecular formula is C23H23N5O2. The highest BCUT2D eigenvalue weighted by Gasteiger charge is 2.26. The van der Waals surface area contributed by atoms with Gasteiger partial charge in [-0.25, -0.2) is 14.6 Å². The number of nitrogen functional groups attached to an aromatic ring is 1. The summed E-state index contributed by atoms with van der Waals surface area (Å²) in [6.07, 6.45) is 4.53. The van der Waals surface area contributed by atoms with Crippen LogP contribution in [0.25, 0.3) is 22.3 Å². The second-order valence-corrected chi connectivity index (χ2v) is 7.65. The van der Waals surface area contributed by atoms with Gasteiger partial charge in [0.05, 0.1) is 17.5 Å². The third-order valence-electron chi connectivity index (χ3n) is 5.64. The number of rotatable bonds is 4. The average molecular weight is 401 g/mol. The molecule has 1 aliphatic rings. The molecule has 0 amide bonds. The van der Waals surface area contributed by atoms with Gasteiger partial charge in [-0.3, -0.25) is 0 Å². The van der Waals surface area contributed by atoms with Gasteiger partial charge in [0.25, 0.3) is 0 Å². The quantitative estimate of drug-likeness (QED) is 0.528. The van der Waals surface area contributed by atoms with Gasteiger partial charge in [0.15, 0.2) is 5.65 Å². The monoisotopic (exact) mass is 401 g/mol. The molecule has 0 bridgehead atoms. The smallest absolute Gasteiger partial charge is 0.164 e. The molecule has 3 N–H and O–H groups in total. The van der Waals surface area contributed by atoms with Crippen molar-refractivity contribution < 1.29 is 9.84 Å². The molecule has 0 saturated heterocycles. The third kappa shape index (κ3) is 3.48. The van der Waals surface area contributed by atoms with Gasteiger partial charge in [-0.1, -0.05) is 18.2 Å². The van der Waals surface area contributed by atoms with E-state index in [4.69, 9.17) is 15.6 Å². The van der Waals surface area contributed by atoms with Gasteiger partial charge in [0, 0.05) is 5.56 Å². The molecule has 1 saturated carbocycles. The molecule has 5 rings (SSSR count). The maximum absolute atomic E-state index is 9.86. The van der Waals surface area contributed by atoms with Crippen LogP contribution in [0.4, 0.5) is 5.82 Å². The molecule has 7 heteroatoms. The van der Waals surface area contributed by atoms with Gasteiger partial charge in [0.1, 0.15) is 29.3 Å². The van der Waals surface area contributed by atoms with Gasteiger partial charge in [-0.15, -0.1) is 0 Å². The number of aliphatic hydroxyl groups excluding tert-OH is 1. The Morgan fingerprint density at radius 1 is 0.900 bits per heavy atom. The number of aromatic nitrogens is 4. The zero-order chi connectivity index (χ0) is 20.5. The molecule has 0 aliphatic heterocycles. The lowest BCUT2D eigenvalue weighted by molar-refractivity contribution is 0.109. The minimum atomic E-state index is -0.223. The van der Waals surface area contributed by atoms with E-state index in [9.17, 15) is 5.11 Å². The van der Waals surface area contributed by atoms with Crippen LogP contribution >= 0.6 is 0 Å². The minimum absolute atomic E-state index is 0.194. The first-order valence-corrected chi connectivity index (χ1v) is 10.2. The number of nitrogens with two attached hydrogens (primary N) is 1. The van der Waals surface area contributed by atoms with E-state index in [1.807, 2.05) is 59.3 Å². The molecule has 1 aliphatic carbocycles. The third-order valence-corrected chi connectivity index (χ3v) is 5.64. The van der Waals surface area contributed by atoms with Crippen LogP contribution in [0.2, 0.25) is 0 Å². The molecular weight excluding hydrogens is 378 g/mol. The van der Waals surface area contributed by atoms with Gasteiger partial charge >= 0.3 is 0 Å². The van der Waals surface area contributed by atoms with Crippen molar-refractivity contribution in [2.24, 2.45) is 0 Å². The van der Waals surface area contributed by atoms with Crippen molar-refractivity contribution in [1.82, 2.24) is 19.7 Å². The lowest BCUT2D eigenvalue weighted by Gasteiger charge is -2.25. The summed E-state index contributed by atoms with van der Waals surface area (Å²) in [6.45, 7) is 0. The number of anilines is 1. The number of nitrogens with zero attached hydrogens (tertiary/aromatic N) is 4. The Hall–Kier alpha value is -3.45. The fourth-order valence-electron chi connectivity index (χ4n) is 4.06. The molecule has 2 heterocycles. The van der Waals surface area contributed by atoms with E-state index >= 15 is 0 Å². The molecule has 2 aromatic heterocycles. The molecule has 2 aromatic carbocycles. The highest BCUT2D eigenvalue weighted by molar-refractivity contribution is 5.98. The zero-order valence-corrected chi connectivity index (χ0v) is 16.5. The van der Waals surface area contributed by atoms with Crippen molar-refractivity contribution in [2.45, 2.75) is 37.8 Å². The predicted octanol–water partition coefficient (Wildman–Crippen LogP) is 4.34. The number of fused-ring (bicyclic) bond motifs is 1. The second-order valence-electron chi connectivity index (χ2n) is 7.65. The van der Waals surface area contributed by atoms with E-state index < -0.39 is 0 Å². The molecule has 1 fully saturated rings. The number of para-hydroxylation sites is 1. The van der Waals surface area contributed by atoms with E-state index in [1.165, 1.54) is 6.33 Å². The lowest BCUT2D eigenvalue weighted by atomic mass is 9.93. The largest absolute Gasteiger partial charge is 0.457 e. The molecule has 0 atom stereocenters. The summed E-state index contributed by atoms with van der Waals surface area (Å²) in [4.78, 5) is 8.66. The molecule has 7 nitrogen and oxygen atoms in total. The van der Waals surface area contributed by atoms with Crippen LogP contribution in [-0.2, 0) is 0 Å². The zero-order valence-electron chi connectivity index (χ0n) is 16.5. The highest BCUT2D eigenvalue weighted by atomic mass is 16.5. The summed E-state index contributed by atoms with van der Waals surface area (Å²) in [5, 5.41) is 15.5. The standard InChI is InChI=1S/C23H23N5O2/c24-22-20-21(15-6-12-19(13-7-15)30-18-4-2-1-3-5-18)27-28(23(20)26-14-25-22)16-8-10-17(29)11-9-16/h1-7,12-14,16-17,29H,8-11H2,(H2,24,25,26). The van der Waals surface area contributed by atoms with Crippen molar-refractivity contribution in [3.8, 4) is 22.8 Å². The Labute approximate surface area is 174 Å². The summed E-state index contributed by atoms with van der Waals surface area (Å²) < 4.78 is 7.85. The Kier molecular flexibility index (Phi) is 4.80. The Bertz CT molecular complexity index is 1150. The number of aliphatic hydroxyl groups is 1. The minimum Gasteiger partial charge on any atom is -0.457 e. The van der Waals surface area contributed by atoms with Crippen LogP contribution in [0.1, 0.15) is 31.7 Å². The Morgan fingerprint density at radius 2 is 1.60 bits per heavy atom.